The van der Waals surface area contributed by atoms with Crippen LogP contribution in [-0.4, -0.2) is 47.0 Å². The maximum atomic E-state index is 10.8. The van der Waals surface area contributed by atoms with Crippen LogP contribution in [0.4, 0.5) is 5.69 Å². The molecule has 0 amide bonds. The van der Waals surface area contributed by atoms with Crippen molar-refractivity contribution < 1.29 is 5.11 Å². The van der Waals surface area contributed by atoms with E-state index in [4.69, 9.17) is 0 Å². The summed E-state index contributed by atoms with van der Waals surface area (Å²) in [7, 11) is 1.84. The van der Waals surface area contributed by atoms with Crippen molar-refractivity contribution in [2.75, 3.05) is 31.1 Å². The van der Waals surface area contributed by atoms with E-state index in [2.05, 4.69) is 56.8 Å². The van der Waals surface area contributed by atoms with Crippen LogP contribution in [0.15, 0.2) is 41.7 Å². The van der Waals surface area contributed by atoms with Crippen LogP contribution in [-0.2, 0) is 19.2 Å². The second-order valence-corrected chi connectivity index (χ2v) is 8.56. The third-order valence-corrected chi connectivity index (χ3v) is 5.78. The summed E-state index contributed by atoms with van der Waals surface area (Å²) in [5.41, 5.74) is 2.21. The van der Waals surface area contributed by atoms with Gasteiger partial charge in [-0.3, -0.25) is 4.68 Å². The van der Waals surface area contributed by atoms with Crippen LogP contribution in [0.1, 0.15) is 44.7 Å². The Labute approximate surface area is 180 Å². The van der Waals surface area contributed by atoms with Gasteiger partial charge >= 0.3 is 0 Å². The molecule has 2 heterocycles. The van der Waals surface area contributed by atoms with E-state index in [-0.39, 0.29) is 0 Å². The van der Waals surface area contributed by atoms with Gasteiger partial charge in [-0.25, -0.2) is 4.99 Å². The van der Waals surface area contributed by atoms with Gasteiger partial charge in [-0.05, 0) is 50.3 Å². The van der Waals surface area contributed by atoms with Gasteiger partial charge in [0.15, 0.2) is 5.96 Å². The highest BCUT2D eigenvalue weighted by molar-refractivity contribution is 5.79. The highest BCUT2D eigenvalue weighted by Gasteiger charge is 2.25. The van der Waals surface area contributed by atoms with Crippen molar-refractivity contribution in [2.24, 2.45) is 18.0 Å². The molecule has 1 aromatic heterocycles. The van der Waals surface area contributed by atoms with Crippen LogP contribution < -0.4 is 15.5 Å². The number of guanidine groups is 1. The molecule has 164 valence electrons. The number of anilines is 1. The number of aryl methyl sites for hydroxylation is 1. The monoisotopic (exact) mass is 412 g/mol. The maximum Gasteiger partial charge on any atom is 0.191 e. The van der Waals surface area contributed by atoms with Gasteiger partial charge in [0.05, 0.1) is 19.3 Å². The first-order valence-corrected chi connectivity index (χ1v) is 10.9. The molecule has 3 N–H and O–H groups in total. The summed E-state index contributed by atoms with van der Waals surface area (Å²) in [6.07, 6.45) is 6.06. The first kappa shape index (κ1) is 22.2. The summed E-state index contributed by atoms with van der Waals surface area (Å²) in [5, 5.41) is 21.4. The fraction of sp³-hybridized carbons (Fsp3) is 0.565. The summed E-state index contributed by atoms with van der Waals surface area (Å²) < 4.78 is 1.69. The van der Waals surface area contributed by atoms with Crippen molar-refractivity contribution in [1.82, 2.24) is 20.4 Å². The molecule has 30 heavy (non-hydrogen) atoms. The van der Waals surface area contributed by atoms with Crippen LogP contribution in [0.3, 0.4) is 0 Å². The minimum absolute atomic E-state index is 0.344. The molecule has 1 saturated heterocycles. The lowest BCUT2D eigenvalue weighted by Gasteiger charge is -2.32. The molecule has 7 nitrogen and oxygen atoms in total. The number of aromatic nitrogens is 2. The minimum Gasteiger partial charge on any atom is -0.383 e. The van der Waals surface area contributed by atoms with Crippen LogP contribution in [0.5, 0.6) is 0 Å². The van der Waals surface area contributed by atoms with Crippen LogP contribution in [0.2, 0.25) is 0 Å². The van der Waals surface area contributed by atoms with E-state index in [1.54, 1.807) is 17.8 Å². The maximum absolute atomic E-state index is 10.8. The van der Waals surface area contributed by atoms with Gasteiger partial charge in [-0.15, -0.1) is 0 Å². The number of aliphatic imine (C=N–C) groups is 1. The zero-order valence-electron chi connectivity index (χ0n) is 18.7. The van der Waals surface area contributed by atoms with Gasteiger partial charge in [-0.2, -0.15) is 5.10 Å². The van der Waals surface area contributed by atoms with Crippen LogP contribution in [0, 0.1) is 5.92 Å². The number of benzene rings is 1. The van der Waals surface area contributed by atoms with Gasteiger partial charge in [0, 0.05) is 44.1 Å². The Kier molecular flexibility index (Phi) is 7.37. The number of rotatable bonds is 7. The molecule has 1 atom stereocenters. The smallest absolute Gasteiger partial charge is 0.191 e. The zero-order valence-corrected chi connectivity index (χ0v) is 18.7. The third-order valence-electron chi connectivity index (χ3n) is 5.78. The van der Waals surface area contributed by atoms with Crippen molar-refractivity contribution >= 4 is 11.6 Å². The van der Waals surface area contributed by atoms with Gasteiger partial charge < -0.3 is 20.6 Å². The summed E-state index contributed by atoms with van der Waals surface area (Å²) in [6, 6.07) is 8.72. The van der Waals surface area contributed by atoms with Crippen LogP contribution >= 0.6 is 0 Å². The highest BCUT2D eigenvalue weighted by atomic mass is 16.3. The number of nitrogens with one attached hydrogen (secondary N) is 2. The normalized spacial score (nSPS) is 17.6. The van der Waals surface area contributed by atoms with Crippen molar-refractivity contribution in [1.29, 1.82) is 0 Å². The SMILES string of the molecule is CCNC(=NCc1ccc(N2CCC(C)CC2)cc1)NCC(C)(O)c1cnn(C)c1. The molecule has 2 aromatic rings. The van der Waals surface area contributed by atoms with Crippen molar-refractivity contribution in [2.45, 2.75) is 45.8 Å². The molecular formula is C23H36N6O. The summed E-state index contributed by atoms with van der Waals surface area (Å²) in [6.45, 7) is 10.1. The Bertz CT molecular complexity index is 818. The van der Waals surface area contributed by atoms with Crippen LogP contribution in [0.25, 0.3) is 0 Å². The summed E-state index contributed by atoms with van der Waals surface area (Å²) in [4.78, 5) is 7.16. The Hall–Kier alpha value is -2.54. The number of hydrogen-bond donors (Lipinski definition) is 3. The van der Waals surface area contributed by atoms with Crippen molar-refractivity contribution in [3.8, 4) is 0 Å². The van der Waals surface area contributed by atoms with Gasteiger partial charge in [0.1, 0.15) is 5.60 Å². The topological polar surface area (TPSA) is 77.7 Å². The number of hydrogen-bond acceptors (Lipinski definition) is 4. The predicted molar refractivity (Wildman–Crippen MR) is 123 cm³/mol. The Morgan fingerprint density at radius 2 is 1.93 bits per heavy atom. The number of nitrogens with zero attached hydrogens (tertiary/aromatic N) is 4. The largest absolute Gasteiger partial charge is 0.383 e. The van der Waals surface area contributed by atoms with Crippen molar-refractivity contribution in [3.63, 3.8) is 0 Å². The van der Waals surface area contributed by atoms with E-state index >= 15 is 0 Å². The lowest BCUT2D eigenvalue weighted by Crippen LogP contribution is -2.44. The van der Waals surface area contributed by atoms with E-state index in [1.165, 1.54) is 24.1 Å². The number of piperidine rings is 1. The molecule has 0 aliphatic carbocycles. The lowest BCUT2D eigenvalue weighted by atomic mass is 9.99. The first-order chi connectivity index (χ1) is 14.4. The highest BCUT2D eigenvalue weighted by Crippen LogP contribution is 2.23. The molecule has 0 spiro atoms. The first-order valence-electron chi connectivity index (χ1n) is 10.9. The molecule has 1 aliphatic rings. The standard InChI is InChI=1S/C23H36N6O/c1-5-24-22(26-17-23(3,30)20-15-27-28(4)16-20)25-14-19-6-8-21(9-7-19)29-12-10-18(2)11-13-29/h6-9,15-16,18,30H,5,10-14,17H2,1-4H3,(H2,24,25,26). The molecular weight excluding hydrogens is 376 g/mol. The lowest BCUT2D eigenvalue weighted by molar-refractivity contribution is 0.0616. The average molecular weight is 413 g/mol. The molecule has 1 aromatic carbocycles. The Balaban J connectivity index is 1.57. The second kappa shape index (κ2) is 9.98. The van der Waals surface area contributed by atoms with Gasteiger partial charge in [0.25, 0.3) is 0 Å². The molecule has 1 aliphatic heterocycles. The second-order valence-electron chi connectivity index (χ2n) is 8.56. The Morgan fingerprint density at radius 1 is 1.23 bits per heavy atom. The predicted octanol–water partition coefficient (Wildman–Crippen LogP) is 2.62. The van der Waals surface area contributed by atoms with E-state index in [9.17, 15) is 5.11 Å². The fourth-order valence-corrected chi connectivity index (χ4v) is 3.65. The van der Waals surface area contributed by atoms with E-state index < -0.39 is 5.60 Å². The van der Waals surface area contributed by atoms with Crippen molar-refractivity contribution in [3.05, 3.63) is 47.8 Å². The van der Waals surface area contributed by atoms with E-state index in [0.29, 0.717) is 19.0 Å². The Morgan fingerprint density at radius 3 is 2.53 bits per heavy atom. The summed E-state index contributed by atoms with van der Waals surface area (Å²) in [5.74, 6) is 1.53. The molecule has 7 heteroatoms. The molecule has 1 fully saturated rings. The third kappa shape index (κ3) is 5.98. The molecule has 0 bridgehead atoms. The minimum atomic E-state index is -1.03. The average Bonchev–Trinajstić information content (AvgIpc) is 3.18. The zero-order chi connectivity index (χ0) is 21.6. The van der Waals surface area contributed by atoms with Gasteiger partial charge in [-0.1, -0.05) is 19.1 Å². The van der Waals surface area contributed by atoms with E-state index in [1.807, 2.05) is 20.2 Å². The van der Waals surface area contributed by atoms with Gasteiger partial charge in [0.2, 0.25) is 0 Å². The van der Waals surface area contributed by atoms with E-state index in [0.717, 1.165) is 31.1 Å². The number of aliphatic hydroxyl groups is 1. The fourth-order valence-electron chi connectivity index (χ4n) is 3.65. The molecule has 1 unspecified atom stereocenters. The summed E-state index contributed by atoms with van der Waals surface area (Å²) >= 11 is 0. The molecule has 3 rings (SSSR count). The molecule has 0 saturated carbocycles. The molecule has 0 radical (unpaired) electrons. The quantitative estimate of drug-likeness (QED) is 0.481.